The van der Waals surface area contributed by atoms with Crippen molar-refractivity contribution in [3.63, 3.8) is 0 Å². The van der Waals surface area contributed by atoms with Crippen molar-refractivity contribution in [1.82, 2.24) is 10.6 Å². The highest BCUT2D eigenvalue weighted by Gasteiger charge is 2.07. The molecule has 0 unspecified atom stereocenters. The number of amides is 2. The van der Waals surface area contributed by atoms with Gasteiger partial charge in [0, 0.05) is 18.7 Å². The number of benzene rings is 1. The fourth-order valence-electron chi connectivity index (χ4n) is 1.72. The summed E-state index contributed by atoms with van der Waals surface area (Å²) in [5, 5.41) is 5.37. The minimum atomic E-state index is -0.253. The van der Waals surface area contributed by atoms with Crippen molar-refractivity contribution in [2.75, 3.05) is 13.1 Å². The summed E-state index contributed by atoms with van der Waals surface area (Å²) in [6.07, 6.45) is 3.18. The van der Waals surface area contributed by atoms with Crippen LogP contribution in [0.1, 0.15) is 42.1 Å². The van der Waals surface area contributed by atoms with Crippen LogP contribution in [0.3, 0.4) is 0 Å². The minimum Gasteiger partial charge on any atom is -0.355 e. The second-order valence-corrected chi connectivity index (χ2v) is 4.64. The van der Waals surface area contributed by atoms with Crippen LogP contribution in [0.2, 0.25) is 0 Å². The van der Waals surface area contributed by atoms with E-state index >= 15 is 0 Å². The molecule has 2 amide bonds. The fraction of sp³-hybridized carbons (Fsp3) is 0.467. The van der Waals surface area contributed by atoms with Crippen LogP contribution >= 0.6 is 0 Å². The molecule has 5 heteroatoms. The third-order valence-corrected chi connectivity index (χ3v) is 2.96. The fourth-order valence-corrected chi connectivity index (χ4v) is 1.72. The predicted molar refractivity (Wildman–Crippen MR) is 79.2 cm³/mol. The number of unbranched alkanes of at least 4 members (excludes halogenated alkanes) is 2. The van der Waals surface area contributed by atoms with Crippen molar-refractivity contribution in [2.24, 2.45) is 5.73 Å². The number of hydrogen-bond donors (Lipinski definition) is 3. The Hall–Kier alpha value is -1.88. The molecule has 1 aromatic rings. The maximum atomic E-state index is 11.8. The smallest absolute Gasteiger partial charge is 0.251 e. The summed E-state index contributed by atoms with van der Waals surface area (Å²) in [5.74, 6) is -0.412. The van der Waals surface area contributed by atoms with E-state index in [9.17, 15) is 9.59 Å². The Morgan fingerprint density at radius 1 is 1.10 bits per heavy atom. The van der Waals surface area contributed by atoms with Crippen LogP contribution in [0.5, 0.6) is 0 Å². The first-order valence-corrected chi connectivity index (χ1v) is 7.01. The molecule has 0 aliphatic rings. The molecule has 4 N–H and O–H groups in total. The van der Waals surface area contributed by atoms with E-state index in [2.05, 4.69) is 17.6 Å². The number of hydrogen-bond acceptors (Lipinski definition) is 3. The largest absolute Gasteiger partial charge is 0.355 e. The lowest BCUT2D eigenvalue weighted by atomic mass is 10.1. The van der Waals surface area contributed by atoms with Gasteiger partial charge in [0.25, 0.3) is 5.91 Å². The maximum absolute atomic E-state index is 11.8. The highest BCUT2D eigenvalue weighted by Crippen LogP contribution is 2.03. The Bertz CT molecular complexity index is 429. The van der Waals surface area contributed by atoms with Crippen molar-refractivity contribution in [1.29, 1.82) is 0 Å². The van der Waals surface area contributed by atoms with Gasteiger partial charge in [0.1, 0.15) is 0 Å². The van der Waals surface area contributed by atoms with E-state index in [4.69, 9.17) is 5.73 Å². The van der Waals surface area contributed by atoms with Gasteiger partial charge in [0.05, 0.1) is 6.54 Å². The van der Waals surface area contributed by atoms with Gasteiger partial charge in [-0.15, -0.1) is 0 Å². The zero-order valence-corrected chi connectivity index (χ0v) is 11.9. The molecule has 0 spiro atoms. The maximum Gasteiger partial charge on any atom is 0.251 e. The molecule has 0 heterocycles. The van der Waals surface area contributed by atoms with Crippen molar-refractivity contribution < 1.29 is 9.59 Å². The Morgan fingerprint density at radius 3 is 2.40 bits per heavy atom. The molecule has 1 aromatic carbocycles. The van der Waals surface area contributed by atoms with Crippen LogP contribution in [-0.2, 0) is 11.3 Å². The van der Waals surface area contributed by atoms with Gasteiger partial charge in [-0.2, -0.15) is 0 Å². The lowest BCUT2D eigenvalue weighted by Crippen LogP contribution is -2.37. The summed E-state index contributed by atoms with van der Waals surface area (Å²) in [6.45, 7) is 3.22. The van der Waals surface area contributed by atoms with E-state index < -0.39 is 0 Å². The molecule has 0 fully saturated rings. The Labute approximate surface area is 119 Å². The second kappa shape index (κ2) is 9.09. The van der Waals surface area contributed by atoms with Gasteiger partial charge in [-0.05, 0) is 24.1 Å². The molecule has 0 radical (unpaired) electrons. The van der Waals surface area contributed by atoms with E-state index in [0.717, 1.165) is 24.8 Å². The van der Waals surface area contributed by atoms with Crippen molar-refractivity contribution in [3.05, 3.63) is 35.4 Å². The van der Waals surface area contributed by atoms with Crippen molar-refractivity contribution in [2.45, 2.75) is 32.7 Å². The number of nitrogens with two attached hydrogens (primary N) is 1. The molecular formula is C15H23N3O2. The highest BCUT2D eigenvalue weighted by molar-refractivity contribution is 5.96. The summed E-state index contributed by atoms with van der Waals surface area (Å²) in [4.78, 5) is 23.3. The zero-order chi connectivity index (χ0) is 14.8. The third kappa shape index (κ3) is 5.84. The third-order valence-electron chi connectivity index (χ3n) is 2.96. The molecular weight excluding hydrogens is 254 g/mol. The molecule has 0 bridgehead atoms. The first kappa shape index (κ1) is 16.2. The lowest BCUT2D eigenvalue weighted by molar-refractivity contribution is -0.120. The highest BCUT2D eigenvalue weighted by atomic mass is 16.2. The molecule has 0 saturated heterocycles. The van der Waals surface area contributed by atoms with Crippen molar-refractivity contribution in [3.8, 4) is 0 Å². The first-order valence-electron chi connectivity index (χ1n) is 7.01. The lowest BCUT2D eigenvalue weighted by Gasteiger charge is -2.07. The topological polar surface area (TPSA) is 84.2 Å². The van der Waals surface area contributed by atoms with Gasteiger partial charge < -0.3 is 16.4 Å². The summed E-state index contributed by atoms with van der Waals surface area (Å²) in [5.41, 5.74) is 6.99. The van der Waals surface area contributed by atoms with Gasteiger partial charge in [0.2, 0.25) is 5.91 Å². The molecule has 0 saturated carbocycles. The second-order valence-electron chi connectivity index (χ2n) is 4.64. The number of carbonyl (C=O) groups excluding carboxylic acids is 2. The van der Waals surface area contributed by atoms with Gasteiger partial charge >= 0.3 is 0 Å². The quantitative estimate of drug-likeness (QED) is 0.624. The Balaban J connectivity index is 2.29. The van der Waals surface area contributed by atoms with Crippen molar-refractivity contribution >= 4 is 11.8 Å². The van der Waals surface area contributed by atoms with Crippen LogP contribution in [0.4, 0.5) is 0 Å². The van der Waals surface area contributed by atoms with E-state index in [-0.39, 0.29) is 18.4 Å². The molecule has 0 atom stereocenters. The monoisotopic (exact) mass is 277 g/mol. The summed E-state index contributed by atoms with van der Waals surface area (Å²) >= 11 is 0. The standard InChI is InChI=1S/C15H23N3O2/c1-2-3-4-9-17-14(19)11-18-15(20)13-7-5-12(10-16)6-8-13/h5-8H,2-4,9-11,16H2,1H3,(H,17,19)(H,18,20). The summed E-state index contributed by atoms with van der Waals surface area (Å²) < 4.78 is 0. The molecule has 0 aliphatic carbocycles. The average molecular weight is 277 g/mol. The molecule has 110 valence electrons. The van der Waals surface area contributed by atoms with Gasteiger partial charge in [0.15, 0.2) is 0 Å². The molecule has 0 aliphatic heterocycles. The number of carbonyl (C=O) groups is 2. The molecule has 0 aromatic heterocycles. The van der Waals surface area contributed by atoms with E-state index in [1.807, 2.05) is 0 Å². The normalized spacial score (nSPS) is 10.1. The Morgan fingerprint density at radius 2 is 1.80 bits per heavy atom. The van der Waals surface area contributed by atoms with Crippen LogP contribution in [0.15, 0.2) is 24.3 Å². The summed E-state index contributed by atoms with van der Waals surface area (Å²) in [6, 6.07) is 7.02. The van der Waals surface area contributed by atoms with Gasteiger partial charge in [-0.25, -0.2) is 0 Å². The predicted octanol–water partition coefficient (Wildman–Crippen LogP) is 1.18. The van der Waals surface area contributed by atoms with E-state index in [1.54, 1.807) is 24.3 Å². The summed E-state index contributed by atoms with van der Waals surface area (Å²) in [7, 11) is 0. The molecule has 5 nitrogen and oxygen atoms in total. The van der Waals surface area contributed by atoms with E-state index in [1.165, 1.54) is 0 Å². The average Bonchev–Trinajstić information content (AvgIpc) is 2.49. The Kier molecular flexibility index (Phi) is 7.35. The van der Waals surface area contributed by atoms with Gasteiger partial charge in [-0.1, -0.05) is 31.9 Å². The van der Waals surface area contributed by atoms with Crippen LogP contribution < -0.4 is 16.4 Å². The van der Waals surface area contributed by atoms with E-state index in [0.29, 0.717) is 18.7 Å². The van der Waals surface area contributed by atoms with Crippen LogP contribution in [0.25, 0.3) is 0 Å². The SMILES string of the molecule is CCCCCNC(=O)CNC(=O)c1ccc(CN)cc1. The molecule has 20 heavy (non-hydrogen) atoms. The zero-order valence-electron chi connectivity index (χ0n) is 11.9. The van der Waals surface area contributed by atoms with Crippen LogP contribution in [-0.4, -0.2) is 24.9 Å². The molecule has 1 rings (SSSR count). The minimum absolute atomic E-state index is 0.00357. The number of rotatable bonds is 8. The van der Waals surface area contributed by atoms with Crippen LogP contribution in [0, 0.1) is 0 Å². The number of nitrogens with one attached hydrogen (secondary N) is 2. The van der Waals surface area contributed by atoms with Gasteiger partial charge in [-0.3, -0.25) is 9.59 Å². The first-order chi connectivity index (χ1) is 9.67.